The maximum absolute atomic E-state index is 12.5. The molecule has 1 N–H and O–H groups in total. The monoisotopic (exact) mass is 415 g/mol. The van der Waals surface area contributed by atoms with Gasteiger partial charge in [-0.25, -0.2) is 9.78 Å². The van der Waals surface area contributed by atoms with Crippen molar-refractivity contribution in [3.63, 3.8) is 0 Å². The number of rotatable bonds is 3. The summed E-state index contributed by atoms with van der Waals surface area (Å²) in [6.45, 7) is 6.42. The first-order valence-corrected chi connectivity index (χ1v) is 10.8. The maximum Gasteiger partial charge on any atom is 0.349 e. The first kappa shape index (κ1) is 19.5. The molecule has 0 saturated heterocycles. The van der Waals surface area contributed by atoms with Crippen LogP contribution < -0.4 is 16.1 Å². The van der Waals surface area contributed by atoms with Crippen LogP contribution in [0.4, 0.5) is 5.69 Å². The van der Waals surface area contributed by atoms with E-state index >= 15 is 0 Å². The average Bonchev–Trinajstić information content (AvgIpc) is 2.95. The Kier molecular flexibility index (Phi) is 4.81. The van der Waals surface area contributed by atoms with Crippen molar-refractivity contribution in [2.24, 2.45) is 0 Å². The quantitative estimate of drug-likeness (QED) is 0.520. The van der Waals surface area contributed by atoms with E-state index in [0.29, 0.717) is 12.4 Å². The van der Waals surface area contributed by atoms with Crippen LogP contribution in [0.25, 0.3) is 22.6 Å². The predicted octanol–water partition coefficient (Wildman–Crippen LogP) is 3.04. The summed E-state index contributed by atoms with van der Waals surface area (Å²) in [4.78, 5) is 37.8. The number of fused-ring (bicyclic) bond motifs is 3. The van der Waals surface area contributed by atoms with E-state index in [2.05, 4.69) is 57.1 Å². The fourth-order valence-corrected chi connectivity index (χ4v) is 4.50. The summed E-state index contributed by atoms with van der Waals surface area (Å²) < 4.78 is 1.98. The van der Waals surface area contributed by atoms with E-state index in [9.17, 15) is 9.59 Å². The lowest BCUT2D eigenvalue weighted by Crippen LogP contribution is -2.32. The molecule has 0 spiro atoms. The van der Waals surface area contributed by atoms with Crippen LogP contribution in [-0.4, -0.2) is 32.6 Å². The van der Waals surface area contributed by atoms with Gasteiger partial charge in [0, 0.05) is 25.3 Å². The summed E-state index contributed by atoms with van der Waals surface area (Å²) in [6, 6.07) is 12.6. The van der Waals surface area contributed by atoms with Crippen molar-refractivity contribution in [1.82, 2.24) is 19.5 Å². The summed E-state index contributed by atoms with van der Waals surface area (Å²) >= 11 is 0. The first-order chi connectivity index (χ1) is 15.0. The highest BCUT2D eigenvalue weighted by Crippen LogP contribution is 2.27. The van der Waals surface area contributed by atoms with E-state index in [4.69, 9.17) is 0 Å². The molecule has 31 heavy (non-hydrogen) atoms. The standard InChI is InChI=1S/C24H25N5O2/c1-15-13-18-20(14-16(15)2)29(22-21(25-18)23(30)27-24(31)26-22)12-11-28-10-6-5-8-17-7-3-4-9-19(17)28/h3-4,7,9,13-14H,5-6,8,10-12H2,1-2H3,(H,27,30,31). The molecule has 5 rings (SSSR count). The number of nitrogens with one attached hydrogen (secondary N) is 1. The van der Waals surface area contributed by atoms with Crippen LogP contribution in [0.5, 0.6) is 0 Å². The lowest BCUT2D eigenvalue weighted by Gasteiger charge is -2.27. The van der Waals surface area contributed by atoms with Gasteiger partial charge < -0.3 is 9.47 Å². The molecule has 3 heterocycles. The number of aromatic amines is 1. The number of aryl methyl sites for hydroxylation is 3. The van der Waals surface area contributed by atoms with Gasteiger partial charge in [0.15, 0.2) is 11.5 Å². The lowest BCUT2D eigenvalue weighted by molar-refractivity contribution is 0.644. The van der Waals surface area contributed by atoms with E-state index in [1.165, 1.54) is 17.7 Å². The van der Waals surface area contributed by atoms with E-state index in [-0.39, 0.29) is 5.69 Å². The maximum atomic E-state index is 12.5. The molecule has 0 fully saturated rings. The number of aromatic nitrogens is 4. The molecule has 7 heteroatoms. The largest absolute Gasteiger partial charge is 0.370 e. The van der Waals surface area contributed by atoms with Crippen LogP contribution in [0.2, 0.25) is 0 Å². The summed E-state index contributed by atoms with van der Waals surface area (Å²) in [5.74, 6) is 0.340. The molecule has 0 saturated carbocycles. The van der Waals surface area contributed by atoms with Gasteiger partial charge in [-0.1, -0.05) is 18.2 Å². The van der Waals surface area contributed by atoms with Gasteiger partial charge in [-0.2, -0.15) is 4.98 Å². The van der Waals surface area contributed by atoms with Gasteiger partial charge in [0.1, 0.15) is 0 Å². The van der Waals surface area contributed by atoms with Crippen LogP contribution in [0, 0.1) is 13.8 Å². The fraction of sp³-hybridized carbons (Fsp3) is 0.333. The molecule has 0 amide bonds. The SMILES string of the molecule is Cc1cc2nc3c(=O)[nH]c(=O)nc-3n(CCN3CCCCc4ccccc43)c2cc1C. The number of nitrogens with zero attached hydrogens (tertiary/aromatic N) is 4. The zero-order valence-electron chi connectivity index (χ0n) is 17.8. The van der Waals surface area contributed by atoms with Crippen LogP contribution >= 0.6 is 0 Å². The van der Waals surface area contributed by atoms with Gasteiger partial charge in [0.05, 0.1) is 11.0 Å². The van der Waals surface area contributed by atoms with Gasteiger partial charge in [-0.05, 0) is 68.0 Å². The second kappa shape index (κ2) is 7.65. The van der Waals surface area contributed by atoms with Crippen LogP contribution in [0.1, 0.15) is 29.5 Å². The highest BCUT2D eigenvalue weighted by atomic mass is 16.2. The van der Waals surface area contributed by atoms with Gasteiger partial charge >= 0.3 is 5.69 Å². The molecule has 2 aromatic rings. The topological polar surface area (TPSA) is 83.9 Å². The summed E-state index contributed by atoms with van der Waals surface area (Å²) in [7, 11) is 0. The van der Waals surface area contributed by atoms with Crippen molar-refractivity contribution in [3.05, 3.63) is 73.9 Å². The Hall–Kier alpha value is -3.48. The van der Waals surface area contributed by atoms with Crippen molar-refractivity contribution < 1.29 is 0 Å². The third-order valence-corrected chi connectivity index (χ3v) is 6.27. The average molecular weight is 415 g/mol. The molecular weight excluding hydrogens is 390 g/mol. The van der Waals surface area contributed by atoms with Crippen molar-refractivity contribution in [2.45, 2.75) is 39.7 Å². The molecule has 158 valence electrons. The van der Waals surface area contributed by atoms with Gasteiger partial charge in [-0.3, -0.25) is 9.78 Å². The molecule has 0 radical (unpaired) electrons. The van der Waals surface area contributed by atoms with Crippen molar-refractivity contribution in [1.29, 1.82) is 0 Å². The Labute approximate surface area is 179 Å². The highest BCUT2D eigenvalue weighted by Gasteiger charge is 2.21. The minimum Gasteiger partial charge on any atom is -0.370 e. The smallest absolute Gasteiger partial charge is 0.349 e. The van der Waals surface area contributed by atoms with E-state index in [1.54, 1.807) is 0 Å². The van der Waals surface area contributed by atoms with Crippen LogP contribution in [-0.2, 0) is 13.0 Å². The lowest BCUT2D eigenvalue weighted by atomic mass is 10.1. The second-order valence-corrected chi connectivity index (χ2v) is 8.30. The Morgan fingerprint density at radius 2 is 1.81 bits per heavy atom. The fourth-order valence-electron chi connectivity index (χ4n) is 4.50. The van der Waals surface area contributed by atoms with Gasteiger partial charge in [0.25, 0.3) is 5.56 Å². The first-order valence-electron chi connectivity index (χ1n) is 10.8. The van der Waals surface area contributed by atoms with Crippen molar-refractivity contribution >= 4 is 16.7 Å². The Balaban J connectivity index is 1.64. The number of hydrogen-bond acceptors (Lipinski definition) is 5. The normalized spacial score (nSPS) is 14.1. The van der Waals surface area contributed by atoms with Crippen molar-refractivity contribution in [3.8, 4) is 11.5 Å². The third kappa shape index (κ3) is 3.50. The summed E-state index contributed by atoms with van der Waals surface area (Å²) in [5.41, 5.74) is 5.57. The molecule has 0 aromatic heterocycles. The number of benzene rings is 2. The predicted molar refractivity (Wildman–Crippen MR) is 122 cm³/mol. The second-order valence-electron chi connectivity index (χ2n) is 8.30. The molecular formula is C24H25N5O2. The van der Waals surface area contributed by atoms with E-state index in [1.807, 2.05) is 17.6 Å². The van der Waals surface area contributed by atoms with Crippen LogP contribution in [0.15, 0.2) is 46.0 Å². The number of H-pyrrole nitrogens is 1. The Bertz CT molecular complexity index is 1370. The zero-order chi connectivity index (χ0) is 21.5. The third-order valence-electron chi connectivity index (χ3n) is 6.27. The molecule has 3 aliphatic rings. The minimum atomic E-state index is -0.642. The Morgan fingerprint density at radius 1 is 1.00 bits per heavy atom. The summed E-state index contributed by atoms with van der Waals surface area (Å²) in [6.07, 6.45) is 3.41. The molecule has 2 aromatic carbocycles. The van der Waals surface area contributed by atoms with Crippen LogP contribution in [0.3, 0.4) is 0 Å². The number of anilines is 1. The number of hydrogen-bond donors (Lipinski definition) is 1. The van der Waals surface area contributed by atoms with Gasteiger partial charge in [-0.15, -0.1) is 0 Å². The molecule has 7 nitrogen and oxygen atoms in total. The molecule has 3 aliphatic heterocycles. The minimum absolute atomic E-state index is 0.201. The molecule has 0 atom stereocenters. The summed E-state index contributed by atoms with van der Waals surface area (Å²) in [5, 5.41) is 0. The Morgan fingerprint density at radius 3 is 2.68 bits per heavy atom. The molecule has 0 bridgehead atoms. The van der Waals surface area contributed by atoms with Crippen molar-refractivity contribution in [2.75, 3.05) is 18.0 Å². The molecule has 0 unspecified atom stereocenters. The highest BCUT2D eigenvalue weighted by molar-refractivity contribution is 5.81. The van der Waals surface area contributed by atoms with E-state index in [0.717, 1.165) is 48.1 Å². The van der Waals surface area contributed by atoms with E-state index < -0.39 is 11.2 Å². The zero-order valence-corrected chi connectivity index (χ0v) is 17.8. The number of para-hydroxylation sites is 1. The molecule has 0 aliphatic carbocycles. The van der Waals surface area contributed by atoms with Gasteiger partial charge in [0.2, 0.25) is 0 Å².